The third-order valence-electron chi connectivity index (χ3n) is 5.41. The van der Waals surface area contributed by atoms with Crippen LogP contribution in [0.3, 0.4) is 0 Å². The zero-order valence-electron chi connectivity index (χ0n) is 19.5. The Hall–Kier alpha value is -2.54. The van der Waals surface area contributed by atoms with Crippen LogP contribution >= 0.6 is 0 Å². The maximum atomic E-state index is 13.2. The van der Waals surface area contributed by atoms with E-state index in [9.17, 15) is 13.2 Å². The van der Waals surface area contributed by atoms with Gasteiger partial charge >= 0.3 is 0 Å². The quantitative estimate of drug-likeness (QED) is 0.613. The molecule has 7 heteroatoms. The van der Waals surface area contributed by atoms with Crippen LogP contribution in [0.1, 0.15) is 62.8 Å². The number of sulfonamides is 1. The molecule has 0 unspecified atom stereocenters. The SMILES string of the molecule is CC[C@H](C(=O)N[C@H](C)c1cc(C(C)C)c(OC)cc1C)N(c1ccccc1)S(C)(=O)=O. The highest BCUT2D eigenvalue weighted by molar-refractivity contribution is 7.92. The first-order valence-electron chi connectivity index (χ1n) is 10.5. The number of benzene rings is 2. The Kier molecular flexibility index (Phi) is 8.12. The summed E-state index contributed by atoms with van der Waals surface area (Å²) in [4.78, 5) is 13.2. The van der Waals surface area contributed by atoms with Crippen LogP contribution in [0.5, 0.6) is 5.75 Å². The first-order valence-corrected chi connectivity index (χ1v) is 12.4. The van der Waals surface area contributed by atoms with Crippen molar-refractivity contribution in [2.45, 2.75) is 59.0 Å². The molecule has 0 saturated heterocycles. The van der Waals surface area contributed by atoms with Gasteiger partial charge in [-0.2, -0.15) is 0 Å². The van der Waals surface area contributed by atoms with Crippen LogP contribution in [0, 0.1) is 6.92 Å². The molecule has 0 fully saturated rings. The van der Waals surface area contributed by atoms with Crippen molar-refractivity contribution in [3.63, 3.8) is 0 Å². The molecule has 170 valence electrons. The molecule has 2 rings (SSSR count). The number of rotatable bonds is 9. The summed E-state index contributed by atoms with van der Waals surface area (Å²) in [5.74, 6) is 0.763. The van der Waals surface area contributed by atoms with E-state index in [1.165, 1.54) is 4.31 Å². The van der Waals surface area contributed by atoms with Crippen molar-refractivity contribution in [1.29, 1.82) is 0 Å². The summed E-state index contributed by atoms with van der Waals surface area (Å²) in [6.07, 6.45) is 1.47. The monoisotopic (exact) mass is 446 g/mol. The van der Waals surface area contributed by atoms with Crippen molar-refractivity contribution in [2.24, 2.45) is 0 Å². The van der Waals surface area contributed by atoms with Crippen molar-refractivity contribution in [3.05, 3.63) is 59.2 Å². The fraction of sp³-hybridized carbons (Fsp3) is 0.458. The van der Waals surface area contributed by atoms with Crippen LogP contribution < -0.4 is 14.4 Å². The van der Waals surface area contributed by atoms with E-state index < -0.39 is 16.1 Å². The van der Waals surface area contributed by atoms with Gasteiger partial charge in [0, 0.05) is 0 Å². The van der Waals surface area contributed by atoms with Crippen molar-refractivity contribution >= 4 is 21.6 Å². The number of hydrogen-bond donors (Lipinski definition) is 1. The molecule has 0 aliphatic rings. The minimum absolute atomic E-state index is 0.263. The number of ether oxygens (including phenoxy) is 1. The van der Waals surface area contributed by atoms with E-state index in [-0.39, 0.29) is 17.9 Å². The van der Waals surface area contributed by atoms with Crippen LogP contribution in [0.25, 0.3) is 0 Å². The number of carbonyl (C=O) groups excluding carboxylic acids is 1. The summed E-state index contributed by atoms with van der Waals surface area (Å²) in [5.41, 5.74) is 3.53. The maximum Gasteiger partial charge on any atom is 0.244 e. The molecular weight excluding hydrogens is 412 g/mol. The summed E-state index contributed by atoms with van der Waals surface area (Å²) in [6.45, 7) is 9.89. The Morgan fingerprint density at radius 1 is 1.10 bits per heavy atom. The summed E-state index contributed by atoms with van der Waals surface area (Å²) in [5, 5.41) is 3.03. The Balaban J connectivity index is 2.37. The molecule has 2 aromatic rings. The number of aryl methyl sites for hydroxylation is 1. The van der Waals surface area contributed by atoms with E-state index >= 15 is 0 Å². The van der Waals surface area contributed by atoms with E-state index in [1.54, 1.807) is 31.4 Å². The molecule has 2 atom stereocenters. The number of nitrogens with one attached hydrogen (secondary N) is 1. The van der Waals surface area contributed by atoms with Crippen molar-refractivity contribution < 1.29 is 17.9 Å². The third kappa shape index (κ3) is 5.79. The first kappa shape index (κ1) is 24.7. The second-order valence-corrected chi connectivity index (χ2v) is 10.0. The normalized spacial score (nSPS) is 13.5. The lowest BCUT2D eigenvalue weighted by molar-refractivity contribution is -0.122. The van der Waals surface area contributed by atoms with Crippen LogP contribution in [0.4, 0.5) is 5.69 Å². The second-order valence-electron chi connectivity index (χ2n) is 8.15. The van der Waals surface area contributed by atoms with Gasteiger partial charge in [-0.1, -0.05) is 39.0 Å². The standard InChI is InChI=1S/C24H34N2O4S/c1-8-22(26(31(7,28)29)19-12-10-9-11-13-19)24(27)25-18(5)21-15-20(16(2)3)23(30-6)14-17(21)4/h9-16,18,22H,8H2,1-7H3,(H,25,27)/t18-,22-/m1/s1. The van der Waals surface area contributed by atoms with Crippen LogP contribution in [0.2, 0.25) is 0 Å². The molecular formula is C24H34N2O4S. The average Bonchev–Trinajstić information content (AvgIpc) is 2.70. The Morgan fingerprint density at radius 3 is 2.19 bits per heavy atom. The molecule has 0 bridgehead atoms. The molecule has 1 N–H and O–H groups in total. The summed E-state index contributed by atoms with van der Waals surface area (Å²) in [6, 6.07) is 11.6. The number of nitrogens with zero attached hydrogens (tertiary/aromatic N) is 1. The fourth-order valence-electron chi connectivity index (χ4n) is 3.83. The first-order chi connectivity index (χ1) is 14.5. The predicted molar refractivity (Wildman–Crippen MR) is 126 cm³/mol. The van der Waals surface area contributed by atoms with Crippen LogP contribution in [-0.4, -0.2) is 33.7 Å². The van der Waals surface area contributed by atoms with Gasteiger partial charge in [0.1, 0.15) is 11.8 Å². The predicted octanol–water partition coefficient (Wildman–Crippen LogP) is 4.55. The second kappa shape index (κ2) is 10.2. The molecule has 2 aromatic carbocycles. The largest absolute Gasteiger partial charge is 0.496 e. The highest BCUT2D eigenvalue weighted by Crippen LogP contribution is 2.32. The molecule has 0 saturated carbocycles. The highest BCUT2D eigenvalue weighted by atomic mass is 32.2. The number of hydrogen-bond acceptors (Lipinski definition) is 4. The zero-order valence-corrected chi connectivity index (χ0v) is 20.3. The molecule has 0 spiro atoms. The minimum atomic E-state index is -3.65. The van der Waals surface area contributed by atoms with Crippen LogP contribution in [-0.2, 0) is 14.8 Å². The van der Waals surface area contributed by atoms with Gasteiger partial charge in [-0.3, -0.25) is 9.10 Å². The van der Waals surface area contributed by atoms with Gasteiger partial charge in [-0.05, 0) is 67.1 Å². The molecule has 1 amide bonds. The van der Waals surface area contributed by atoms with Gasteiger partial charge in [-0.25, -0.2) is 8.42 Å². The highest BCUT2D eigenvalue weighted by Gasteiger charge is 2.32. The Labute approximate surface area is 186 Å². The lowest BCUT2D eigenvalue weighted by atomic mass is 9.93. The van der Waals surface area contributed by atoms with E-state index in [1.807, 2.05) is 32.9 Å². The molecule has 0 aliphatic heterocycles. The maximum absolute atomic E-state index is 13.2. The van der Waals surface area contributed by atoms with Gasteiger partial charge in [-0.15, -0.1) is 0 Å². The topological polar surface area (TPSA) is 75.7 Å². The number of para-hydroxylation sites is 1. The summed E-state index contributed by atoms with van der Waals surface area (Å²) < 4.78 is 31.9. The number of amides is 1. The third-order valence-corrected chi connectivity index (χ3v) is 6.59. The van der Waals surface area contributed by atoms with Crippen molar-refractivity contribution in [1.82, 2.24) is 5.32 Å². The van der Waals surface area contributed by atoms with E-state index in [0.29, 0.717) is 12.1 Å². The van der Waals surface area contributed by atoms with E-state index in [0.717, 1.165) is 28.7 Å². The number of methoxy groups -OCH3 is 1. The molecule has 6 nitrogen and oxygen atoms in total. The van der Waals surface area contributed by atoms with Crippen molar-refractivity contribution in [3.8, 4) is 5.75 Å². The van der Waals surface area contributed by atoms with Crippen molar-refractivity contribution in [2.75, 3.05) is 17.7 Å². The van der Waals surface area contributed by atoms with Gasteiger partial charge in [0.25, 0.3) is 0 Å². The molecule has 0 radical (unpaired) electrons. The number of carbonyl (C=O) groups is 1. The summed E-state index contributed by atoms with van der Waals surface area (Å²) >= 11 is 0. The molecule has 31 heavy (non-hydrogen) atoms. The van der Waals surface area contributed by atoms with E-state index in [4.69, 9.17) is 4.74 Å². The van der Waals surface area contributed by atoms with Gasteiger partial charge in [0.15, 0.2) is 0 Å². The molecule has 0 heterocycles. The van der Waals surface area contributed by atoms with Crippen LogP contribution in [0.15, 0.2) is 42.5 Å². The van der Waals surface area contributed by atoms with Gasteiger partial charge in [0.05, 0.1) is 25.1 Å². The van der Waals surface area contributed by atoms with Gasteiger partial charge < -0.3 is 10.1 Å². The lowest BCUT2D eigenvalue weighted by Gasteiger charge is -2.31. The van der Waals surface area contributed by atoms with Gasteiger partial charge in [0.2, 0.25) is 15.9 Å². The summed E-state index contributed by atoms with van der Waals surface area (Å²) in [7, 11) is -2.00. The zero-order chi connectivity index (χ0) is 23.3. The lowest BCUT2D eigenvalue weighted by Crippen LogP contribution is -2.49. The minimum Gasteiger partial charge on any atom is -0.496 e. The Bertz CT molecular complexity index is 1000. The number of anilines is 1. The fourth-order valence-corrected chi connectivity index (χ4v) is 5.04. The molecule has 0 aliphatic carbocycles. The Morgan fingerprint density at radius 2 is 1.71 bits per heavy atom. The smallest absolute Gasteiger partial charge is 0.244 e. The molecule has 0 aromatic heterocycles. The van der Waals surface area contributed by atoms with E-state index in [2.05, 4.69) is 25.2 Å². The average molecular weight is 447 g/mol.